The van der Waals surface area contributed by atoms with E-state index in [0.717, 1.165) is 4.47 Å². The Hall–Kier alpha value is -1.83. The van der Waals surface area contributed by atoms with Gasteiger partial charge in [0.25, 0.3) is 5.91 Å². The maximum Gasteiger partial charge on any atom is 0.255 e. The Morgan fingerprint density at radius 1 is 1.21 bits per heavy atom. The van der Waals surface area contributed by atoms with Crippen LogP contribution in [0.15, 0.2) is 46.9 Å². The molecule has 0 aliphatic rings. The fourth-order valence-corrected chi connectivity index (χ4v) is 1.90. The molecule has 0 saturated heterocycles. The molecule has 0 unspecified atom stereocenters. The van der Waals surface area contributed by atoms with Crippen molar-refractivity contribution in [2.75, 3.05) is 5.32 Å². The SMILES string of the molecule is N#Cc1ccc(NC(=O)c2ccc(Br)c(Cl)c2)cc1. The summed E-state index contributed by atoms with van der Waals surface area (Å²) in [6, 6.07) is 13.6. The van der Waals surface area contributed by atoms with Crippen molar-refractivity contribution in [3.63, 3.8) is 0 Å². The third-order valence-electron chi connectivity index (χ3n) is 2.45. The number of hydrogen-bond acceptors (Lipinski definition) is 2. The van der Waals surface area contributed by atoms with Gasteiger partial charge in [0.1, 0.15) is 0 Å². The number of anilines is 1. The van der Waals surface area contributed by atoms with Gasteiger partial charge in [-0.2, -0.15) is 5.26 Å². The highest BCUT2D eigenvalue weighted by atomic mass is 79.9. The van der Waals surface area contributed by atoms with Gasteiger partial charge in [0.15, 0.2) is 0 Å². The fraction of sp³-hybridized carbons (Fsp3) is 0. The van der Waals surface area contributed by atoms with Crippen LogP contribution in [0, 0.1) is 11.3 Å². The van der Waals surface area contributed by atoms with Gasteiger partial charge < -0.3 is 5.32 Å². The van der Waals surface area contributed by atoms with Gasteiger partial charge in [-0.1, -0.05) is 11.6 Å². The summed E-state index contributed by atoms with van der Waals surface area (Å²) in [5.41, 5.74) is 1.64. The third kappa shape index (κ3) is 3.34. The van der Waals surface area contributed by atoms with Crippen LogP contribution in [0.25, 0.3) is 0 Å². The van der Waals surface area contributed by atoms with Crippen LogP contribution in [-0.2, 0) is 0 Å². The van der Waals surface area contributed by atoms with Crippen molar-refractivity contribution in [2.45, 2.75) is 0 Å². The molecule has 2 aromatic carbocycles. The second-order valence-corrected chi connectivity index (χ2v) is 5.03. The minimum atomic E-state index is -0.251. The first-order valence-corrected chi connectivity index (χ1v) is 6.54. The Kier molecular flexibility index (Phi) is 4.20. The van der Waals surface area contributed by atoms with Gasteiger partial charge in [-0.05, 0) is 58.4 Å². The molecule has 0 atom stereocenters. The maximum atomic E-state index is 12.0. The smallest absolute Gasteiger partial charge is 0.255 e. The number of carbonyl (C=O) groups excluding carboxylic acids is 1. The minimum absolute atomic E-state index is 0.251. The zero-order valence-corrected chi connectivity index (χ0v) is 12.0. The largest absolute Gasteiger partial charge is 0.322 e. The fourth-order valence-electron chi connectivity index (χ4n) is 1.47. The summed E-state index contributed by atoms with van der Waals surface area (Å²) >= 11 is 9.20. The number of halogens is 2. The summed E-state index contributed by atoms with van der Waals surface area (Å²) in [4.78, 5) is 12.0. The molecule has 1 N–H and O–H groups in total. The average molecular weight is 336 g/mol. The summed E-state index contributed by atoms with van der Waals surface area (Å²) in [5, 5.41) is 11.9. The Labute approximate surface area is 123 Å². The van der Waals surface area contributed by atoms with E-state index in [1.165, 1.54) is 0 Å². The lowest BCUT2D eigenvalue weighted by molar-refractivity contribution is 0.102. The molecule has 2 rings (SSSR count). The monoisotopic (exact) mass is 334 g/mol. The molecule has 0 aromatic heterocycles. The number of nitriles is 1. The molecule has 3 nitrogen and oxygen atoms in total. The summed E-state index contributed by atoms with van der Waals surface area (Å²) < 4.78 is 0.740. The van der Waals surface area contributed by atoms with Crippen LogP contribution in [0.5, 0.6) is 0 Å². The maximum absolute atomic E-state index is 12.0. The van der Waals surface area contributed by atoms with Gasteiger partial charge in [-0.25, -0.2) is 0 Å². The Morgan fingerprint density at radius 2 is 1.89 bits per heavy atom. The number of hydrogen-bond donors (Lipinski definition) is 1. The second kappa shape index (κ2) is 5.87. The van der Waals surface area contributed by atoms with E-state index < -0.39 is 0 Å². The minimum Gasteiger partial charge on any atom is -0.322 e. The predicted octanol–water partition coefficient (Wildman–Crippen LogP) is 4.23. The molecule has 19 heavy (non-hydrogen) atoms. The number of carbonyl (C=O) groups is 1. The van der Waals surface area contributed by atoms with E-state index in [9.17, 15) is 4.79 Å². The molecule has 0 aliphatic carbocycles. The molecule has 0 saturated carbocycles. The van der Waals surface area contributed by atoms with Crippen molar-refractivity contribution in [1.29, 1.82) is 5.26 Å². The molecule has 94 valence electrons. The van der Waals surface area contributed by atoms with E-state index in [-0.39, 0.29) is 5.91 Å². The Bertz CT molecular complexity index is 662. The highest BCUT2D eigenvalue weighted by Crippen LogP contribution is 2.23. The van der Waals surface area contributed by atoms with Gasteiger partial charge in [-0.3, -0.25) is 4.79 Å². The second-order valence-electron chi connectivity index (χ2n) is 3.77. The van der Waals surface area contributed by atoms with Crippen LogP contribution >= 0.6 is 27.5 Å². The van der Waals surface area contributed by atoms with Crippen molar-refractivity contribution in [3.8, 4) is 6.07 Å². The molecule has 2 aromatic rings. The standard InChI is InChI=1S/C14H8BrClN2O/c15-12-6-3-10(7-13(12)16)14(19)18-11-4-1-9(8-17)2-5-11/h1-7H,(H,18,19). The quantitative estimate of drug-likeness (QED) is 0.893. The summed E-state index contributed by atoms with van der Waals surface area (Å²) in [5.74, 6) is -0.251. The van der Waals surface area contributed by atoms with Crippen LogP contribution in [0.3, 0.4) is 0 Å². The summed E-state index contributed by atoms with van der Waals surface area (Å²) in [6.07, 6.45) is 0. The number of nitrogens with zero attached hydrogens (tertiary/aromatic N) is 1. The van der Waals surface area contributed by atoms with Gasteiger partial charge >= 0.3 is 0 Å². The highest BCUT2D eigenvalue weighted by molar-refractivity contribution is 9.10. The topological polar surface area (TPSA) is 52.9 Å². The zero-order valence-electron chi connectivity index (χ0n) is 9.65. The van der Waals surface area contributed by atoms with Gasteiger partial charge in [0.05, 0.1) is 16.7 Å². The van der Waals surface area contributed by atoms with Crippen molar-refractivity contribution >= 4 is 39.1 Å². The van der Waals surface area contributed by atoms with E-state index in [4.69, 9.17) is 16.9 Å². The lowest BCUT2D eigenvalue weighted by Gasteiger charge is -2.06. The lowest BCUT2D eigenvalue weighted by Crippen LogP contribution is -2.11. The van der Waals surface area contributed by atoms with E-state index in [0.29, 0.717) is 21.8 Å². The molecule has 0 aliphatic heterocycles. The number of benzene rings is 2. The van der Waals surface area contributed by atoms with Crippen LogP contribution in [0.4, 0.5) is 5.69 Å². The number of rotatable bonds is 2. The van der Waals surface area contributed by atoms with Crippen molar-refractivity contribution in [1.82, 2.24) is 0 Å². The van der Waals surface area contributed by atoms with Crippen molar-refractivity contribution in [3.05, 3.63) is 63.1 Å². The molecule has 5 heteroatoms. The van der Waals surface area contributed by atoms with Crippen molar-refractivity contribution in [2.24, 2.45) is 0 Å². The van der Waals surface area contributed by atoms with Crippen LogP contribution < -0.4 is 5.32 Å². The Balaban J connectivity index is 2.16. The average Bonchev–Trinajstić information content (AvgIpc) is 2.42. The summed E-state index contributed by atoms with van der Waals surface area (Å²) in [6.45, 7) is 0. The van der Waals surface area contributed by atoms with Crippen LogP contribution in [-0.4, -0.2) is 5.91 Å². The lowest BCUT2D eigenvalue weighted by atomic mass is 10.2. The highest BCUT2D eigenvalue weighted by Gasteiger charge is 2.08. The van der Waals surface area contributed by atoms with Gasteiger partial charge in [0.2, 0.25) is 0 Å². The number of amides is 1. The normalized spacial score (nSPS) is 9.74. The molecule has 0 radical (unpaired) electrons. The van der Waals surface area contributed by atoms with E-state index in [2.05, 4.69) is 21.2 Å². The Morgan fingerprint density at radius 3 is 2.47 bits per heavy atom. The zero-order chi connectivity index (χ0) is 13.8. The first kappa shape index (κ1) is 13.6. The van der Waals surface area contributed by atoms with Gasteiger partial charge in [-0.15, -0.1) is 0 Å². The molecular formula is C14H8BrClN2O. The van der Waals surface area contributed by atoms with E-state index >= 15 is 0 Å². The molecule has 0 bridgehead atoms. The predicted molar refractivity (Wildman–Crippen MR) is 78.3 cm³/mol. The first-order valence-electron chi connectivity index (χ1n) is 5.37. The third-order valence-corrected chi connectivity index (χ3v) is 3.69. The van der Waals surface area contributed by atoms with Crippen LogP contribution in [0.2, 0.25) is 5.02 Å². The molecular weight excluding hydrogens is 328 g/mol. The first-order chi connectivity index (χ1) is 9.10. The summed E-state index contributed by atoms with van der Waals surface area (Å²) in [7, 11) is 0. The van der Waals surface area contributed by atoms with E-state index in [1.807, 2.05) is 6.07 Å². The van der Waals surface area contributed by atoms with Crippen LogP contribution in [0.1, 0.15) is 15.9 Å². The molecule has 1 amide bonds. The molecule has 0 spiro atoms. The van der Waals surface area contributed by atoms with Crippen molar-refractivity contribution < 1.29 is 4.79 Å². The number of nitrogens with one attached hydrogen (secondary N) is 1. The molecule has 0 fully saturated rings. The van der Waals surface area contributed by atoms with Gasteiger partial charge in [0, 0.05) is 15.7 Å². The van der Waals surface area contributed by atoms with E-state index in [1.54, 1.807) is 42.5 Å². The molecule has 0 heterocycles.